The third kappa shape index (κ3) is 3.25. The van der Waals surface area contributed by atoms with E-state index in [1.807, 2.05) is 0 Å². The van der Waals surface area contributed by atoms with Crippen LogP contribution in [0.15, 0.2) is 18.2 Å². The van der Waals surface area contributed by atoms with Crippen molar-refractivity contribution < 1.29 is 4.79 Å². The molecule has 2 N–H and O–H groups in total. The fourth-order valence-corrected chi connectivity index (χ4v) is 2.53. The highest BCUT2D eigenvalue weighted by atomic mass is 16.1. The van der Waals surface area contributed by atoms with Gasteiger partial charge in [-0.15, -0.1) is 0 Å². The number of aryl methyl sites for hydroxylation is 1. The number of carbonyl (C=O) groups is 1. The monoisotopic (exact) mass is 246 g/mol. The van der Waals surface area contributed by atoms with Crippen LogP contribution in [0.2, 0.25) is 0 Å². The molecule has 0 spiro atoms. The van der Waals surface area contributed by atoms with E-state index < -0.39 is 0 Å². The van der Waals surface area contributed by atoms with Crippen LogP contribution in [0, 0.1) is 0 Å². The summed E-state index contributed by atoms with van der Waals surface area (Å²) in [5.41, 5.74) is 4.20. The molecule has 1 aromatic carbocycles. The highest BCUT2D eigenvalue weighted by Gasteiger charge is 2.13. The maximum absolute atomic E-state index is 10.9. The zero-order valence-electron chi connectivity index (χ0n) is 11.3. The third-order valence-electron chi connectivity index (χ3n) is 3.46. The number of fused-ring (bicyclic) bond motifs is 1. The molecular formula is C15H22N2O. The predicted molar refractivity (Wildman–Crippen MR) is 74.9 cm³/mol. The maximum atomic E-state index is 10.9. The summed E-state index contributed by atoms with van der Waals surface area (Å²) in [4.78, 5) is 10.9. The fourth-order valence-electron chi connectivity index (χ4n) is 2.53. The first-order chi connectivity index (χ1) is 8.66. The van der Waals surface area contributed by atoms with Gasteiger partial charge in [-0.3, -0.25) is 4.79 Å². The van der Waals surface area contributed by atoms with Crippen molar-refractivity contribution in [2.45, 2.75) is 45.6 Å². The molecule has 2 rings (SSSR count). The smallest absolute Gasteiger partial charge is 0.216 e. The van der Waals surface area contributed by atoms with E-state index in [0.29, 0.717) is 6.54 Å². The number of anilines is 1. The van der Waals surface area contributed by atoms with Gasteiger partial charge in [0, 0.05) is 25.2 Å². The summed E-state index contributed by atoms with van der Waals surface area (Å²) < 4.78 is 0. The molecule has 0 radical (unpaired) electrons. The van der Waals surface area contributed by atoms with Crippen LogP contribution in [-0.2, 0) is 17.6 Å². The number of benzene rings is 1. The second kappa shape index (κ2) is 5.89. The van der Waals surface area contributed by atoms with Gasteiger partial charge in [-0.2, -0.15) is 0 Å². The molecule has 3 heteroatoms. The van der Waals surface area contributed by atoms with Crippen molar-refractivity contribution in [3.8, 4) is 0 Å². The molecule has 0 fully saturated rings. The minimum atomic E-state index is 0.0266. The molecule has 18 heavy (non-hydrogen) atoms. The topological polar surface area (TPSA) is 41.1 Å². The van der Waals surface area contributed by atoms with Crippen LogP contribution in [0.3, 0.4) is 0 Å². The second-order valence-corrected chi connectivity index (χ2v) is 5.13. The number of nitrogens with one attached hydrogen (secondary N) is 2. The SMILES string of the molecule is CC(=O)NCC(C)Nc1cccc2c1CCCC2. The van der Waals surface area contributed by atoms with Gasteiger partial charge in [-0.1, -0.05) is 12.1 Å². The van der Waals surface area contributed by atoms with Crippen LogP contribution in [0.25, 0.3) is 0 Å². The number of hydrogen-bond acceptors (Lipinski definition) is 2. The molecule has 0 aromatic heterocycles. The van der Waals surface area contributed by atoms with E-state index in [2.05, 4.69) is 35.8 Å². The van der Waals surface area contributed by atoms with Crippen LogP contribution in [0.1, 0.15) is 37.8 Å². The number of carbonyl (C=O) groups excluding carboxylic acids is 1. The van der Waals surface area contributed by atoms with Gasteiger partial charge >= 0.3 is 0 Å². The first-order valence-electron chi connectivity index (χ1n) is 6.78. The van der Waals surface area contributed by atoms with Crippen molar-refractivity contribution >= 4 is 11.6 Å². The molecule has 0 aliphatic heterocycles. The van der Waals surface area contributed by atoms with Gasteiger partial charge in [0.15, 0.2) is 0 Å². The van der Waals surface area contributed by atoms with Crippen molar-refractivity contribution in [1.82, 2.24) is 5.32 Å². The Bertz CT molecular complexity index is 429. The molecule has 0 bridgehead atoms. The Morgan fingerprint density at radius 1 is 1.33 bits per heavy atom. The average Bonchev–Trinajstić information content (AvgIpc) is 2.37. The normalized spacial score (nSPS) is 15.7. The van der Waals surface area contributed by atoms with E-state index in [4.69, 9.17) is 0 Å². The minimum absolute atomic E-state index is 0.0266. The maximum Gasteiger partial charge on any atom is 0.216 e. The lowest BCUT2D eigenvalue weighted by atomic mass is 9.90. The molecule has 0 saturated carbocycles. The average molecular weight is 246 g/mol. The predicted octanol–water partition coefficient (Wildman–Crippen LogP) is 2.50. The molecule has 1 aliphatic rings. The molecule has 0 saturated heterocycles. The largest absolute Gasteiger partial charge is 0.381 e. The quantitative estimate of drug-likeness (QED) is 0.857. The zero-order valence-corrected chi connectivity index (χ0v) is 11.3. The van der Waals surface area contributed by atoms with E-state index in [1.54, 1.807) is 6.92 Å². The summed E-state index contributed by atoms with van der Waals surface area (Å²) in [6, 6.07) is 6.76. The summed E-state index contributed by atoms with van der Waals surface area (Å²) >= 11 is 0. The van der Waals surface area contributed by atoms with Gasteiger partial charge in [-0.05, 0) is 49.8 Å². The highest BCUT2D eigenvalue weighted by molar-refractivity contribution is 5.72. The lowest BCUT2D eigenvalue weighted by Crippen LogP contribution is -2.33. The fraction of sp³-hybridized carbons (Fsp3) is 0.533. The number of amides is 1. The van der Waals surface area contributed by atoms with Crippen molar-refractivity contribution in [3.05, 3.63) is 29.3 Å². The summed E-state index contributed by atoms with van der Waals surface area (Å²) in [5, 5.41) is 6.35. The molecule has 98 valence electrons. The summed E-state index contributed by atoms with van der Waals surface area (Å²) in [6.07, 6.45) is 4.96. The van der Waals surface area contributed by atoms with Crippen molar-refractivity contribution in [2.24, 2.45) is 0 Å². The van der Waals surface area contributed by atoms with Crippen molar-refractivity contribution in [3.63, 3.8) is 0 Å². The summed E-state index contributed by atoms with van der Waals surface area (Å²) in [5.74, 6) is 0.0266. The Morgan fingerprint density at radius 2 is 2.11 bits per heavy atom. The van der Waals surface area contributed by atoms with E-state index >= 15 is 0 Å². The lowest BCUT2D eigenvalue weighted by molar-refractivity contribution is -0.118. The minimum Gasteiger partial charge on any atom is -0.381 e. The molecule has 3 nitrogen and oxygen atoms in total. The van der Waals surface area contributed by atoms with Crippen LogP contribution in [0.5, 0.6) is 0 Å². The Labute approximate surface area is 109 Å². The standard InChI is InChI=1S/C15H22N2O/c1-11(10-16-12(2)18)17-15-9-5-7-13-6-3-4-8-14(13)15/h5,7,9,11,17H,3-4,6,8,10H2,1-2H3,(H,16,18). The molecule has 1 aliphatic carbocycles. The molecule has 1 amide bonds. The van der Waals surface area contributed by atoms with E-state index in [9.17, 15) is 4.79 Å². The van der Waals surface area contributed by atoms with Gasteiger partial charge in [0.05, 0.1) is 0 Å². The van der Waals surface area contributed by atoms with Gasteiger partial charge in [-0.25, -0.2) is 0 Å². The molecule has 1 unspecified atom stereocenters. The molecular weight excluding hydrogens is 224 g/mol. The Kier molecular flexibility index (Phi) is 4.24. The van der Waals surface area contributed by atoms with Crippen molar-refractivity contribution in [1.29, 1.82) is 0 Å². The van der Waals surface area contributed by atoms with Crippen LogP contribution >= 0.6 is 0 Å². The first kappa shape index (κ1) is 12.9. The second-order valence-electron chi connectivity index (χ2n) is 5.13. The van der Waals surface area contributed by atoms with E-state index in [-0.39, 0.29) is 11.9 Å². The number of hydrogen-bond donors (Lipinski definition) is 2. The van der Waals surface area contributed by atoms with Crippen LogP contribution in [0.4, 0.5) is 5.69 Å². The van der Waals surface area contributed by atoms with Gasteiger partial charge < -0.3 is 10.6 Å². The van der Waals surface area contributed by atoms with Gasteiger partial charge in [0.2, 0.25) is 5.91 Å². The van der Waals surface area contributed by atoms with Crippen LogP contribution in [-0.4, -0.2) is 18.5 Å². The van der Waals surface area contributed by atoms with Crippen molar-refractivity contribution in [2.75, 3.05) is 11.9 Å². The highest BCUT2D eigenvalue weighted by Crippen LogP contribution is 2.28. The van der Waals surface area contributed by atoms with E-state index in [0.717, 1.165) is 0 Å². The first-order valence-corrected chi connectivity index (χ1v) is 6.78. The summed E-state index contributed by atoms with van der Waals surface area (Å²) in [6.45, 7) is 4.31. The third-order valence-corrected chi connectivity index (χ3v) is 3.46. The Balaban J connectivity index is 2.02. The van der Waals surface area contributed by atoms with Gasteiger partial charge in [0.1, 0.15) is 0 Å². The van der Waals surface area contributed by atoms with Gasteiger partial charge in [0.25, 0.3) is 0 Å². The zero-order chi connectivity index (χ0) is 13.0. The van der Waals surface area contributed by atoms with Crippen LogP contribution < -0.4 is 10.6 Å². The molecule has 1 aromatic rings. The molecule has 0 heterocycles. The summed E-state index contributed by atoms with van der Waals surface area (Å²) in [7, 11) is 0. The Hall–Kier alpha value is -1.51. The Morgan fingerprint density at radius 3 is 2.89 bits per heavy atom. The lowest BCUT2D eigenvalue weighted by Gasteiger charge is -2.23. The van der Waals surface area contributed by atoms with E-state index in [1.165, 1.54) is 42.5 Å². The number of rotatable bonds is 4. The molecule has 1 atom stereocenters.